The summed E-state index contributed by atoms with van der Waals surface area (Å²) in [4.78, 5) is 35.6. The number of nitrogens with zero attached hydrogens (tertiary/aromatic N) is 3. The Balaban J connectivity index is 0.000000189. The van der Waals surface area contributed by atoms with Crippen LogP contribution in [0.5, 0.6) is 0 Å². The summed E-state index contributed by atoms with van der Waals surface area (Å²) in [5, 5.41) is 0. The number of aryl methyl sites for hydroxylation is 3. The molecular weight excluding hydrogens is 1060 g/mol. The molecule has 0 saturated heterocycles. The standard InChI is InChI=1S/3C12H9NO.C3H9B.CH3B.CH3Br.I3/c3*1-8-4-2-5-9-11(8)13-7-3-6-10(13)12(9)14;1-4(2)3;2*1-2;1-3-2/h3*2-7H,1H3;1-3H3;2*1H3;/q;;;;;;-1. The normalized spacial score (nSPS) is 11.3. The molecule has 2 radical (unpaired) electrons. The molecule has 0 saturated carbocycles. The largest absolute Gasteiger partial charge is 0.0999 e. The number of hydrogen-bond donors (Lipinski definition) is 0. The fourth-order valence-electron chi connectivity index (χ4n) is 6.18. The Bertz CT molecular complexity index is 1950. The van der Waals surface area contributed by atoms with Gasteiger partial charge < -0.3 is 13.7 Å². The van der Waals surface area contributed by atoms with Crippen LogP contribution in [0.4, 0.5) is 0 Å². The zero-order valence-corrected chi connectivity index (χ0v) is 39.2. The van der Waals surface area contributed by atoms with Gasteiger partial charge in [0, 0.05) is 35.3 Å². The second-order valence-electron chi connectivity index (χ2n) is 12.5. The van der Waals surface area contributed by atoms with E-state index < -0.39 is 0 Å². The van der Waals surface area contributed by atoms with Gasteiger partial charge in [-0.2, -0.15) is 0 Å². The molecule has 0 unspecified atom stereocenters. The molecule has 0 aliphatic carbocycles. The molecule has 0 amide bonds. The number of ketones is 3. The zero-order chi connectivity index (χ0) is 39.4. The Hall–Kier alpha value is -2.69. The van der Waals surface area contributed by atoms with E-state index in [0.717, 1.165) is 74.2 Å². The van der Waals surface area contributed by atoms with Crippen LogP contribution in [-0.4, -0.2) is 51.4 Å². The smallest absolute Gasteiger partial charge is 0.0606 e. The Kier molecular flexibility index (Phi) is 18.1. The summed E-state index contributed by atoms with van der Waals surface area (Å²) in [6.45, 7) is 14.9. The SMILES string of the molecule is CB(C)C.CBr.Cc1cccc2c1-n1cccc1C2=O.Cc1cccc2c1-n1cccc1C2=O.Cc1cccc2c1-n1cccc1C2=O.I[I-]I.[B]C. The molecule has 0 bridgehead atoms. The molecule has 3 aromatic carbocycles. The average molecular weight is 1110 g/mol. The van der Waals surface area contributed by atoms with E-state index in [0.29, 0.717) is 13.3 Å². The molecule has 9 rings (SSSR count). The number of aromatic nitrogens is 3. The minimum atomic E-state index is 0.133. The summed E-state index contributed by atoms with van der Waals surface area (Å²) in [5.41, 5.74) is 11.3. The van der Waals surface area contributed by atoms with Gasteiger partial charge in [-0.05, 0) is 97.9 Å². The van der Waals surface area contributed by atoms with Crippen molar-refractivity contribution in [2.24, 2.45) is 0 Å². The molecule has 6 heterocycles. The van der Waals surface area contributed by atoms with Crippen molar-refractivity contribution in [3.8, 4) is 17.1 Å². The molecule has 3 aromatic heterocycles. The molecule has 3 aliphatic rings. The average Bonchev–Trinajstić information content (AvgIpc) is 4.00. The van der Waals surface area contributed by atoms with Gasteiger partial charge in [0.05, 0.1) is 42.0 Å². The van der Waals surface area contributed by atoms with Crippen molar-refractivity contribution in [1.29, 1.82) is 0 Å². The molecule has 0 spiro atoms. The van der Waals surface area contributed by atoms with Crippen LogP contribution >= 0.6 is 53.2 Å². The van der Waals surface area contributed by atoms with Crippen molar-refractivity contribution in [2.45, 2.75) is 48.1 Å². The Morgan fingerprint density at radius 3 is 0.962 bits per heavy atom. The molecule has 3 aliphatic heterocycles. The fraction of sp³-hybridized carbons (Fsp3) is 0.195. The quantitative estimate of drug-likeness (QED) is 0.0873. The van der Waals surface area contributed by atoms with Gasteiger partial charge >= 0.3 is 50.5 Å². The van der Waals surface area contributed by atoms with Gasteiger partial charge in [-0.1, -0.05) is 79.6 Å². The summed E-state index contributed by atoms with van der Waals surface area (Å²) in [6.07, 6.45) is 5.81. The number of fused-ring (bicyclic) bond motifs is 9. The molecule has 0 N–H and O–H groups in total. The van der Waals surface area contributed by atoms with E-state index in [1.165, 1.54) is 6.82 Å². The third kappa shape index (κ3) is 9.95. The summed E-state index contributed by atoms with van der Waals surface area (Å²) < 4.78 is 5.90. The number of benzene rings is 3. The minimum Gasteiger partial charge on any atom is -0.0999 e. The van der Waals surface area contributed by atoms with E-state index in [2.05, 4.69) is 81.5 Å². The van der Waals surface area contributed by atoms with E-state index in [-0.39, 0.29) is 17.3 Å². The Morgan fingerprint density at radius 2 is 0.736 bits per heavy atom. The molecule has 12 heteroatoms. The van der Waals surface area contributed by atoms with Crippen LogP contribution < -0.4 is 13.3 Å². The first-order valence-corrected chi connectivity index (χ1v) is 31.0. The van der Waals surface area contributed by atoms with E-state index >= 15 is 0 Å². The summed E-state index contributed by atoms with van der Waals surface area (Å²) in [6, 6.07) is 28.8. The van der Waals surface area contributed by atoms with Gasteiger partial charge in [0.2, 0.25) is 17.3 Å². The van der Waals surface area contributed by atoms with Crippen molar-refractivity contribution in [3.63, 3.8) is 0 Å². The monoisotopic (exact) mass is 1110 g/mol. The van der Waals surface area contributed by atoms with Crippen molar-refractivity contribution in [2.75, 3.05) is 5.83 Å². The topological polar surface area (TPSA) is 66.0 Å². The third-order valence-corrected chi connectivity index (χ3v) is 8.11. The van der Waals surface area contributed by atoms with Crippen LogP contribution in [0.15, 0.2) is 110 Å². The number of hydrogen-bond acceptors (Lipinski definition) is 3. The first kappa shape index (κ1) is 44.7. The predicted octanol–water partition coefficient (Wildman–Crippen LogP) is 8.35. The van der Waals surface area contributed by atoms with Crippen LogP contribution in [0.25, 0.3) is 17.1 Å². The van der Waals surface area contributed by atoms with Gasteiger partial charge in [-0.15, -0.1) is 0 Å². The Labute approximate surface area is 353 Å². The van der Waals surface area contributed by atoms with Crippen LogP contribution in [0.3, 0.4) is 0 Å². The van der Waals surface area contributed by atoms with Gasteiger partial charge in [0.1, 0.15) is 6.71 Å². The van der Waals surface area contributed by atoms with E-state index in [1.807, 2.05) is 150 Å². The maximum absolute atomic E-state index is 11.9. The van der Waals surface area contributed by atoms with Gasteiger partial charge in [-0.25, -0.2) is 0 Å². The van der Waals surface area contributed by atoms with Crippen LogP contribution in [0.1, 0.15) is 64.8 Å². The van der Waals surface area contributed by atoms with Crippen LogP contribution in [0, 0.1) is 20.8 Å². The molecule has 6 aromatic rings. The molecule has 6 nitrogen and oxygen atoms in total. The van der Waals surface area contributed by atoms with Crippen molar-refractivity contribution < 1.29 is 27.6 Å². The maximum Gasteiger partial charge on any atom is 0.0606 e. The fourth-order valence-corrected chi connectivity index (χ4v) is 6.18. The van der Waals surface area contributed by atoms with Gasteiger partial charge in [-0.3, -0.25) is 14.4 Å². The number of carbonyl (C=O) groups excluding carboxylic acids is 3. The van der Waals surface area contributed by atoms with E-state index in [9.17, 15) is 14.4 Å². The number of rotatable bonds is 0. The maximum atomic E-state index is 11.9. The minimum absolute atomic E-state index is 0.133. The first-order valence-electron chi connectivity index (χ1n) is 16.8. The Morgan fingerprint density at radius 1 is 0.509 bits per heavy atom. The second kappa shape index (κ2) is 21.4. The molecule has 274 valence electrons. The molecule has 53 heavy (non-hydrogen) atoms. The molecule has 0 fully saturated rings. The van der Waals surface area contributed by atoms with E-state index in [1.54, 1.807) is 0 Å². The van der Waals surface area contributed by atoms with Gasteiger partial charge in [0.25, 0.3) is 0 Å². The van der Waals surface area contributed by atoms with Crippen molar-refractivity contribution in [3.05, 3.63) is 160 Å². The number of halogens is 4. The molecular formula is C41H42B2BrI3N3O3-. The number of para-hydroxylation sites is 3. The van der Waals surface area contributed by atoms with Gasteiger partial charge in [0.15, 0.2) is 0 Å². The summed E-state index contributed by atoms with van der Waals surface area (Å²) in [7, 11) is 4.50. The second-order valence-corrected chi connectivity index (χ2v) is 28.7. The number of carbonyl (C=O) groups is 3. The summed E-state index contributed by atoms with van der Waals surface area (Å²) in [5.74, 6) is 2.21. The molecule has 0 atom stereocenters. The van der Waals surface area contributed by atoms with Crippen molar-refractivity contribution in [1.82, 2.24) is 13.7 Å². The number of alkyl halides is 1. The predicted molar refractivity (Wildman–Crippen MR) is 240 cm³/mol. The first-order chi connectivity index (χ1) is 25.5. The summed E-state index contributed by atoms with van der Waals surface area (Å²) >= 11 is 8.24. The zero-order valence-electron chi connectivity index (χ0n) is 31.1. The van der Waals surface area contributed by atoms with Crippen LogP contribution in [-0.2, 0) is 0 Å². The van der Waals surface area contributed by atoms with Crippen molar-refractivity contribution >= 4 is 85.1 Å². The third-order valence-electron chi connectivity index (χ3n) is 8.11. The van der Waals surface area contributed by atoms with E-state index in [4.69, 9.17) is 0 Å². The van der Waals surface area contributed by atoms with Crippen LogP contribution in [0.2, 0.25) is 27.3 Å².